The molecule has 0 unspecified atom stereocenters. The summed E-state index contributed by atoms with van der Waals surface area (Å²) >= 11 is 0. The van der Waals surface area contributed by atoms with E-state index in [1.54, 1.807) is 63.5 Å². The molecule has 0 radical (unpaired) electrons. The number of nitrogens with one attached hydrogen (secondary N) is 3. The maximum Gasteiger partial charge on any atom is 0.327 e. The molecule has 0 saturated heterocycles. The number of carboxylic acid groups (broad SMARTS) is 1. The smallest absolute Gasteiger partial charge is 0.327 e. The minimum atomic E-state index is -1.21. The molecule has 0 spiro atoms. The van der Waals surface area contributed by atoms with E-state index in [-0.39, 0.29) is 80.6 Å². The fourth-order valence-corrected chi connectivity index (χ4v) is 7.34. The Morgan fingerprint density at radius 3 is 1.66 bits per heavy atom. The lowest BCUT2D eigenvalue weighted by atomic mass is 10.1. The van der Waals surface area contributed by atoms with Crippen LogP contribution >= 0.6 is 13.5 Å². The number of benzene rings is 2. The summed E-state index contributed by atoms with van der Waals surface area (Å²) < 4.78 is 19.3. The van der Waals surface area contributed by atoms with E-state index in [0.717, 1.165) is 0 Å². The van der Waals surface area contributed by atoms with Crippen molar-refractivity contribution in [3.05, 3.63) is 82.5 Å². The second kappa shape index (κ2) is 19.5. The molecule has 6 aromatic rings. The van der Waals surface area contributed by atoms with E-state index in [4.69, 9.17) is 25.2 Å². The molecule has 2 aromatic carbocycles. The maximum absolute atomic E-state index is 13.8. The highest BCUT2D eigenvalue weighted by Gasteiger charge is 2.26. The first kappa shape index (κ1) is 46.3. The van der Waals surface area contributed by atoms with Crippen LogP contribution in [0.15, 0.2) is 48.6 Å². The van der Waals surface area contributed by atoms with Gasteiger partial charge in [0.25, 0.3) is 17.7 Å². The summed E-state index contributed by atoms with van der Waals surface area (Å²) in [6.07, 6.45) is 3.96. The number of hydrogen-bond donors (Lipinski definition) is 5. The first-order valence-electron chi connectivity index (χ1n) is 20.3. The SMILES string of the molecule is CCn1nc(C)cc1C(=O)Nc1nc2cc(C(N)=O)cc3c2n1C/C=C/Cn1c(NC(=O)c2cc(C)nn2CC)nc2cc(C(=O)N[C@@H](CN(C)C)C(=O)O)cc(c21)OCCCO3.S. The Labute approximate surface area is 374 Å². The van der Waals surface area contributed by atoms with Crippen LogP contribution in [-0.2, 0) is 31.0 Å². The Morgan fingerprint density at radius 2 is 1.22 bits per heavy atom. The van der Waals surface area contributed by atoms with E-state index in [1.807, 2.05) is 26.0 Å². The number of nitrogens with zero attached hydrogens (tertiary/aromatic N) is 9. The number of anilines is 2. The van der Waals surface area contributed by atoms with Gasteiger partial charge in [-0.2, -0.15) is 23.7 Å². The molecule has 0 saturated carbocycles. The van der Waals surface area contributed by atoms with Crippen molar-refractivity contribution in [3.8, 4) is 11.5 Å². The third-order valence-electron chi connectivity index (χ3n) is 10.2. The van der Waals surface area contributed by atoms with Gasteiger partial charge in [-0.3, -0.25) is 39.2 Å². The van der Waals surface area contributed by atoms with Crippen molar-refractivity contribution in [1.82, 2.24) is 48.9 Å². The second-order valence-electron chi connectivity index (χ2n) is 15.2. The number of hydrogen-bond acceptors (Lipinski definition) is 12. The number of nitrogens with two attached hydrogens (primary N) is 1. The van der Waals surface area contributed by atoms with E-state index < -0.39 is 35.6 Å². The van der Waals surface area contributed by atoms with E-state index in [9.17, 15) is 29.1 Å². The number of imidazole rings is 2. The molecule has 1 aliphatic heterocycles. The quantitative estimate of drug-likeness (QED) is 0.111. The van der Waals surface area contributed by atoms with Gasteiger partial charge in [0, 0.05) is 50.3 Å². The number of ether oxygens (including phenoxy) is 2. The largest absolute Gasteiger partial charge is 0.491 e. The maximum atomic E-state index is 13.8. The summed E-state index contributed by atoms with van der Waals surface area (Å²) in [5, 5.41) is 27.1. The lowest BCUT2D eigenvalue weighted by Gasteiger charge is -2.19. The van der Waals surface area contributed by atoms with Gasteiger partial charge in [0.05, 0.1) is 35.6 Å². The predicted octanol–water partition coefficient (Wildman–Crippen LogP) is 3.31. The third kappa shape index (κ3) is 9.71. The van der Waals surface area contributed by atoms with Crippen LogP contribution in [0.3, 0.4) is 0 Å². The van der Waals surface area contributed by atoms with Gasteiger partial charge in [0.2, 0.25) is 17.8 Å². The Kier molecular flexibility index (Phi) is 14.1. The summed E-state index contributed by atoms with van der Waals surface area (Å²) in [7, 11) is 3.40. The minimum absolute atomic E-state index is 0. The third-order valence-corrected chi connectivity index (χ3v) is 10.2. The lowest BCUT2D eigenvalue weighted by Crippen LogP contribution is -2.46. The summed E-state index contributed by atoms with van der Waals surface area (Å²) in [5.74, 6) is -2.64. The Balaban J connectivity index is 0.00000680. The Hall–Kier alpha value is -7.20. The number of carboxylic acids is 1. The van der Waals surface area contributed by atoms with Gasteiger partial charge in [-0.15, -0.1) is 0 Å². The summed E-state index contributed by atoms with van der Waals surface area (Å²) in [4.78, 5) is 76.9. The molecule has 1 atom stereocenters. The minimum Gasteiger partial charge on any atom is -0.491 e. The van der Waals surface area contributed by atoms with Crippen molar-refractivity contribution in [1.29, 1.82) is 0 Å². The predicted molar refractivity (Wildman–Crippen MR) is 242 cm³/mol. The number of amides is 4. The molecule has 5 heterocycles. The number of aryl methyl sites for hydroxylation is 4. The zero-order valence-corrected chi connectivity index (χ0v) is 37.3. The number of carbonyl (C=O) groups is 5. The fourth-order valence-electron chi connectivity index (χ4n) is 7.34. The van der Waals surface area contributed by atoms with E-state index >= 15 is 0 Å². The highest BCUT2D eigenvalue weighted by atomic mass is 32.1. The molecular formula is C42H51N13O8S. The van der Waals surface area contributed by atoms with Crippen LogP contribution in [0.1, 0.15) is 73.3 Å². The van der Waals surface area contributed by atoms with Crippen LogP contribution in [0.5, 0.6) is 11.5 Å². The van der Waals surface area contributed by atoms with Crippen LogP contribution in [-0.4, -0.2) is 118 Å². The van der Waals surface area contributed by atoms with Crippen molar-refractivity contribution in [2.75, 3.05) is 44.5 Å². The Morgan fingerprint density at radius 1 is 0.750 bits per heavy atom. The zero-order valence-electron chi connectivity index (χ0n) is 36.3. The number of likely N-dealkylation sites (N-methyl/N-ethyl adjacent to an activating group) is 1. The average molecular weight is 898 g/mol. The number of aliphatic carboxylic acids is 1. The number of primary amides is 1. The summed E-state index contributed by atoms with van der Waals surface area (Å²) in [6, 6.07) is 8.21. The van der Waals surface area contributed by atoms with E-state index in [1.165, 1.54) is 24.3 Å². The van der Waals surface area contributed by atoms with Crippen LogP contribution in [0.2, 0.25) is 0 Å². The van der Waals surface area contributed by atoms with Gasteiger partial charge in [-0.25, -0.2) is 14.8 Å². The van der Waals surface area contributed by atoms with Gasteiger partial charge in [-0.1, -0.05) is 12.2 Å². The molecule has 4 aromatic heterocycles. The number of carbonyl (C=O) groups excluding carboxylic acids is 4. The topological polar surface area (TPSA) is 261 Å². The molecule has 4 amide bonds. The van der Waals surface area contributed by atoms with Gasteiger partial charge >= 0.3 is 5.97 Å². The standard InChI is InChI=1S/C42H49N13O8.H2S/c1-7-54-30(16-23(3)49-54)38(58)47-41-45-27-18-25(36(43)56)20-32-34(27)52(41)12-9-10-13-53-35-28(46-42(53)48-39(59)31-17-24(4)50-55(31)8-2)19-26(21-33(35)63-15-11-14-62-32)37(57)44-29(40(60)61)22-51(5)6;/h9-10,16-21,29H,7-8,11-15,22H2,1-6H3,(H2,43,56)(H,44,57)(H,60,61)(H,45,47,58)(H,46,48,59);1H2/b10-9+;/t29-;/m0./s1. The lowest BCUT2D eigenvalue weighted by molar-refractivity contribution is -0.139. The molecule has 338 valence electrons. The number of allylic oxidation sites excluding steroid dienone is 2. The molecule has 1 aliphatic rings. The molecule has 22 heteroatoms. The molecule has 0 fully saturated rings. The number of rotatable bonds is 12. The summed E-state index contributed by atoms with van der Waals surface area (Å²) in [6.45, 7) is 8.73. The molecule has 21 nitrogen and oxygen atoms in total. The molecule has 0 aliphatic carbocycles. The van der Waals surface area contributed by atoms with Crippen LogP contribution in [0.4, 0.5) is 11.9 Å². The fraction of sp³-hybridized carbons (Fsp3) is 0.357. The van der Waals surface area contributed by atoms with E-state index in [0.29, 0.717) is 64.6 Å². The van der Waals surface area contributed by atoms with E-state index in [2.05, 4.69) is 26.1 Å². The zero-order chi connectivity index (χ0) is 45.1. The Bertz CT molecular complexity index is 2800. The first-order chi connectivity index (χ1) is 30.1. The molecule has 7 rings (SSSR count). The summed E-state index contributed by atoms with van der Waals surface area (Å²) in [5.41, 5.74) is 9.51. The monoisotopic (exact) mass is 897 g/mol. The highest BCUT2D eigenvalue weighted by Crippen LogP contribution is 2.34. The van der Waals surface area contributed by atoms with Crippen molar-refractivity contribution >= 4 is 77.1 Å². The normalized spacial score (nSPS) is 13.8. The van der Waals surface area contributed by atoms with Crippen molar-refractivity contribution < 1.29 is 38.6 Å². The molecule has 6 N–H and O–H groups in total. The average Bonchev–Trinajstić information content (AvgIpc) is 4.00. The van der Waals surface area contributed by atoms with Crippen molar-refractivity contribution in [2.45, 2.75) is 66.3 Å². The van der Waals surface area contributed by atoms with Gasteiger partial charge in [0.1, 0.15) is 40.0 Å². The van der Waals surface area contributed by atoms with Crippen LogP contribution in [0, 0.1) is 13.8 Å². The van der Waals surface area contributed by atoms with Crippen LogP contribution < -0.4 is 31.2 Å². The second-order valence-corrected chi connectivity index (χ2v) is 15.2. The van der Waals surface area contributed by atoms with Crippen molar-refractivity contribution in [3.63, 3.8) is 0 Å². The first-order valence-corrected chi connectivity index (χ1v) is 20.3. The van der Waals surface area contributed by atoms with Gasteiger partial charge in [-0.05, 0) is 78.2 Å². The molecule has 64 heavy (non-hydrogen) atoms. The van der Waals surface area contributed by atoms with Gasteiger partial charge in [0.15, 0.2) is 0 Å². The van der Waals surface area contributed by atoms with Crippen LogP contribution in [0.25, 0.3) is 22.1 Å². The molecule has 0 bridgehead atoms. The molecular weight excluding hydrogens is 847 g/mol. The number of aromatic nitrogens is 8. The van der Waals surface area contributed by atoms with Gasteiger partial charge < -0.3 is 39.7 Å². The van der Waals surface area contributed by atoms with Crippen molar-refractivity contribution in [2.24, 2.45) is 5.73 Å². The highest BCUT2D eigenvalue weighted by molar-refractivity contribution is 7.59.